The third-order valence-corrected chi connectivity index (χ3v) is 7.13. The van der Waals surface area contributed by atoms with Crippen LogP contribution >= 0.6 is 0 Å². The highest BCUT2D eigenvalue weighted by atomic mass is 32.2. The lowest BCUT2D eigenvalue weighted by atomic mass is 10.2. The summed E-state index contributed by atoms with van der Waals surface area (Å²) in [6, 6.07) is 10.7. The van der Waals surface area contributed by atoms with Crippen molar-refractivity contribution >= 4 is 33.2 Å². The summed E-state index contributed by atoms with van der Waals surface area (Å²) >= 11 is 0. The first-order valence-corrected chi connectivity index (χ1v) is 11.7. The van der Waals surface area contributed by atoms with Crippen LogP contribution in [0.5, 0.6) is 0 Å². The molecular formula is C22H28N4O5S. The summed E-state index contributed by atoms with van der Waals surface area (Å²) in [7, 11) is -0.152. The molecule has 0 amide bonds. The average molecular weight is 461 g/mol. The van der Waals surface area contributed by atoms with Crippen molar-refractivity contribution in [2.45, 2.75) is 23.8 Å². The molecule has 3 heterocycles. The first kappa shape index (κ1) is 23.7. The molecule has 10 heteroatoms. The van der Waals surface area contributed by atoms with Crippen LogP contribution < -0.4 is 10.2 Å². The van der Waals surface area contributed by atoms with E-state index < -0.39 is 10.0 Å². The molecule has 2 N–H and O–H groups in total. The van der Waals surface area contributed by atoms with Gasteiger partial charge < -0.3 is 20.1 Å². The van der Waals surface area contributed by atoms with Gasteiger partial charge in [0.2, 0.25) is 0 Å². The molecule has 0 radical (unpaired) electrons. The van der Waals surface area contributed by atoms with Crippen molar-refractivity contribution in [3.63, 3.8) is 0 Å². The molecule has 32 heavy (non-hydrogen) atoms. The van der Waals surface area contributed by atoms with E-state index in [0.717, 1.165) is 42.8 Å². The molecule has 1 fully saturated rings. The summed E-state index contributed by atoms with van der Waals surface area (Å²) in [5.41, 5.74) is 3.14. The number of benzene rings is 1. The topological polar surface area (TPSA) is 114 Å². The van der Waals surface area contributed by atoms with Gasteiger partial charge in [0.25, 0.3) is 16.5 Å². The van der Waals surface area contributed by atoms with Gasteiger partial charge in [-0.2, -0.15) is 0 Å². The van der Waals surface area contributed by atoms with Gasteiger partial charge in [0.15, 0.2) is 0 Å². The Balaban J connectivity index is 0.000000913. The maximum absolute atomic E-state index is 13.5. The molecule has 1 aliphatic rings. The lowest BCUT2D eigenvalue weighted by molar-refractivity contribution is -0.122. The quantitative estimate of drug-likeness (QED) is 0.515. The molecular weight excluding hydrogens is 432 g/mol. The monoisotopic (exact) mass is 460 g/mol. The van der Waals surface area contributed by atoms with E-state index in [9.17, 15) is 8.42 Å². The number of hydrogen-bond donors (Lipinski definition) is 2. The number of likely N-dealkylation sites (N-methyl/N-ethyl adjacent to an activating group) is 1. The normalized spacial score (nSPS) is 16.1. The highest BCUT2D eigenvalue weighted by molar-refractivity contribution is 7.90. The van der Waals surface area contributed by atoms with Crippen molar-refractivity contribution < 1.29 is 23.1 Å². The highest BCUT2D eigenvalue weighted by Gasteiger charge is 2.25. The number of anilines is 1. The molecule has 2 aromatic heterocycles. The summed E-state index contributed by atoms with van der Waals surface area (Å²) in [6.07, 6.45) is 5.23. The molecule has 9 nitrogen and oxygen atoms in total. The fourth-order valence-electron chi connectivity index (χ4n) is 3.85. The molecule has 3 aromatic rings. The predicted octanol–water partition coefficient (Wildman–Crippen LogP) is 1.96. The van der Waals surface area contributed by atoms with E-state index in [-0.39, 0.29) is 17.5 Å². The molecule has 0 saturated carbocycles. The van der Waals surface area contributed by atoms with E-state index >= 15 is 0 Å². The zero-order valence-electron chi connectivity index (χ0n) is 18.1. The second-order valence-corrected chi connectivity index (χ2v) is 9.19. The van der Waals surface area contributed by atoms with Gasteiger partial charge in [0, 0.05) is 38.3 Å². The fourth-order valence-corrected chi connectivity index (χ4v) is 5.26. The Morgan fingerprint density at radius 1 is 1.31 bits per heavy atom. The summed E-state index contributed by atoms with van der Waals surface area (Å²) in [4.78, 5) is 15.2. The van der Waals surface area contributed by atoms with Crippen LogP contribution in [0.15, 0.2) is 53.7 Å². The maximum atomic E-state index is 13.5. The van der Waals surface area contributed by atoms with Crippen molar-refractivity contribution in [2.24, 2.45) is 0 Å². The zero-order chi connectivity index (χ0) is 23.1. The van der Waals surface area contributed by atoms with Crippen LogP contribution in [0.1, 0.15) is 12.0 Å². The Morgan fingerprint density at radius 2 is 2.09 bits per heavy atom. The van der Waals surface area contributed by atoms with Crippen molar-refractivity contribution in [2.75, 3.05) is 38.7 Å². The van der Waals surface area contributed by atoms with Crippen LogP contribution in [0, 0.1) is 0 Å². The molecule has 172 valence electrons. The van der Waals surface area contributed by atoms with Gasteiger partial charge >= 0.3 is 0 Å². The number of nitrogens with one attached hydrogen (secondary N) is 1. The van der Waals surface area contributed by atoms with Gasteiger partial charge in [0.1, 0.15) is 0 Å². The maximum Gasteiger partial charge on any atom is 0.290 e. The van der Waals surface area contributed by atoms with E-state index in [1.807, 2.05) is 13.1 Å². The number of ether oxygens (including phenoxy) is 1. The Labute approximate surface area is 187 Å². The van der Waals surface area contributed by atoms with E-state index in [1.165, 1.54) is 3.97 Å². The van der Waals surface area contributed by atoms with Crippen molar-refractivity contribution in [3.05, 3.63) is 54.4 Å². The van der Waals surface area contributed by atoms with Crippen LogP contribution in [0.4, 0.5) is 5.69 Å². The highest BCUT2D eigenvalue weighted by Crippen LogP contribution is 2.28. The Morgan fingerprint density at radius 3 is 2.78 bits per heavy atom. The lowest BCUT2D eigenvalue weighted by Crippen LogP contribution is -2.22. The van der Waals surface area contributed by atoms with Crippen LogP contribution in [0.3, 0.4) is 0 Å². The van der Waals surface area contributed by atoms with Crippen LogP contribution in [0.25, 0.3) is 11.0 Å². The summed E-state index contributed by atoms with van der Waals surface area (Å²) in [5.74, 6) is 0. The zero-order valence-corrected chi connectivity index (χ0v) is 19.0. The van der Waals surface area contributed by atoms with Gasteiger partial charge in [-0.05, 0) is 62.3 Å². The van der Waals surface area contributed by atoms with Gasteiger partial charge in [-0.1, -0.05) is 6.07 Å². The number of rotatable bonds is 7. The molecule has 1 aliphatic heterocycles. The standard InChI is InChI=1S/C21H26N4O3S.CH2O2/c1-22-11-8-16-14-25(20-7-4-10-23-21(16)20)29(26,27)19-6-3-5-17(13-19)24-12-9-18(15-24)28-2;2-1-3/h3-7,10,13-14,18,22H,8-9,11-12,15H2,1-2H3;1H,(H,2,3). The smallest absolute Gasteiger partial charge is 0.290 e. The number of methoxy groups -OCH3 is 1. The third kappa shape index (κ3) is 4.93. The minimum absolute atomic E-state index is 0.185. The number of hydrogen-bond acceptors (Lipinski definition) is 7. The molecule has 1 aromatic carbocycles. The average Bonchev–Trinajstić information content (AvgIpc) is 3.44. The second-order valence-electron chi connectivity index (χ2n) is 7.38. The first-order valence-electron chi connectivity index (χ1n) is 10.3. The predicted molar refractivity (Wildman–Crippen MR) is 123 cm³/mol. The largest absolute Gasteiger partial charge is 0.483 e. The molecule has 1 saturated heterocycles. The van der Waals surface area contributed by atoms with Crippen molar-refractivity contribution in [1.29, 1.82) is 0 Å². The number of fused-ring (bicyclic) bond motifs is 1. The number of pyridine rings is 1. The lowest BCUT2D eigenvalue weighted by Gasteiger charge is -2.19. The van der Waals surface area contributed by atoms with E-state index in [4.69, 9.17) is 14.6 Å². The first-order chi connectivity index (χ1) is 15.5. The Bertz CT molecular complexity index is 1160. The minimum atomic E-state index is -3.74. The molecule has 4 rings (SSSR count). The van der Waals surface area contributed by atoms with Gasteiger partial charge in [-0.25, -0.2) is 12.4 Å². The molecule has 1 atom stereocenters. The number of carboxylic acid groups (broad SMARTS) is 1. The third-order valence-electron chi connectivity index (χ3n) is 5.46. The Hall–Kier alpha value is -2.95. The molecule has 0 aliphatic carbocycles. The molecule has 0 bridgehead atoms. The van der Waals surface area contributed by atoms with Gasteiger partial charge in [-0.15, -0.1) is 0 Å². The Kier molecular flexibility index (Phi) is 7.84. The van der Waals surface area contributed by atoms with Crippen LogP contribution in [0.2, 0.25) is 0 Å². The summed E-state index contributed by atoms with van der Waals surface area (Å²) in [5, 5.41) is 9.99. The summed E-state index contributed by atoms with van der Waals surface area (Å²) < 4.78 is 33.8. The minimum Gasteiger partial charge on any atom is -0.483 e. The SMILES string of the molecule is CNCCc1cn(S(=O)(=O)c2cccc(N3CCC(OC)C3)c2)c2cccnc12.O=CO. The number of nitrogens with zero attached hydrogens (tertiary/aromatic N) is 3. The van der Waals surface area contributed by atoms with Gasteiger partial charge in [-0.3, -0.25) is 9.78 Å². The van der Waals surface area contributed by atoms with Crippen molar-refractivity contribution in [3.8, 4) is 0 Å². The van der Waals surface area contributed by atoms with Gasteiger partial charge in [0.05, 0.1) is 22.0 Å². The van der Waals surface area contributed by atoms with E-state index in [2.05, 4.69) is 15.2 Å². The van der Waals surface area contributed by atoms with E-state index in [0.29, 0.717) is 11.9 Å². The van der Waals surface area contributed by atoms with Crippen LogP contribution in [-0.4, -0.2) is 68.8 Å². The van der Waals surface area contributed by atoms with E-state index in [1.54, 1.807) is 49.8 Å². The molecule has 1 unspecified atom stereocenters. The second kappa shape index (κ2) is 10.6. The van der Waals surface area contributed by atoms with Crippen LogP contribution in [-0.2, 0) is 26.0 Å². The fraction of sp³-hybridized carbons (Fsp3) is 0.364. The molecule has 0 spiro atoms. The number of aromatic nitrogens is 2. The number of carbonyl (C=O) groups is 1. The van der Waals surface area contributed by atoms with Crippen molar-refractivity contribution in [1.82, 2.24) is 14.3 Å². The summed E-state index contributed by atoms with van der Waals surface area (Å²) in [6.45, 7) is 2.12.